The Kier molecular flexibility index (Phi) is 19.5. The maximum atomic E-state index is 12.9. The van der Waals surface area contributed by atoms with Crippen molar-refractivity contribution in [2.45, 2.75) is 32.4 Å². The maximum absolute atomic E-state index is 12.9. The molecule has 8 aromatic rings. The third kappa shape index (κ3) is 14.3. The summed E-state index contributed by atoms with van der Waals surface area (Å²) in [4.78, 5) is 58.2. The largest absolute Gasteiger partial charge is 0.477 e. The quantitative estimate of drug-likeness (QED) is 0.0664. The molecule has 6 N–H and O–H groups in total. The smallest absolute Gasteiger partial charge is 0.345 e. The van der Waals surface area contributed by atoms with Crippen molar-refractivity contribution in [3.05, 3.63) is 142 Å². The highest BCUT2D eigenvalue weighted by Crippen LogP contribution is 2.28. The average Bonchev–Trinajstić information content (AvgIpc) is 4.15. The Balaban J connectivity index is 0.000000199. The number of anilines is 2. The van der Waals surface area contributed by atoms with Crippen LogP contribution in [0.1, 0.15) is 39.6 Å². The van der Waals surface area contributed by atoms with Gasteiger partial charge in [0.2, 0.25) is 11.8 Å². The van der Waals surface area contributed by atoms with Crippen molar-refractivity contribution in [3.63, 3.8) is 0 Å². The van der Waals surface area contributed by atoms with Gasteiger partial charge in [0, 0.05) is 31.3 Å². The first-order valence-corrected chi connectivity index (χ1v) is 25.7. The number of carbonyl (C=O) groups excluding carboxylic acids is 3. The minimum atomic E-state index is -0.851. The van der Waals surface area contributed by atoms with Gasteiger partial charge in [0.1, 0.15) is 10.9 Å². The van der Waals surface area contributed by atoms with Gasteiger partial charge in [-0.3, -0.25) is 14.4 Å². The molecule has 17 heteroatoms. The summed E-state index contributed by atoms with van der Waals surface area (Å²) in [7, 11) is 0. The number of carbonyl (C=O) groups is 4. The molecule has 0 aliphatic rings. The van der Waals surface area contributed by atoms with E-state index in [-0.39, 0.29) is 25.1 Å². The van der Waals surface area contributed by atoms with Crippen LogP contribution in [0.2, 0.25) is 0 Å². The van der Waals surface area contributed by atoms with Gasteiger partial charge in [0.25, 0.3) is 5.91 Å². The Hall–Kier alpha value is -5.40. The first kappa shape index (κ1) is 49.6. The lowest BCUT2D eigenvalue weighted by Gasteiger charge is -2.17. The number of carboxylic acids is 1. The summed E-state index contributed by atoms with van der Waals surface area (Å²) in [5.41, 5.74) is 9.54. The molecule has 4 aromatic carbocycles. The second kappa shape index (κ2) is 25.2. The first-order chi connectivity index (χ1) is 30.6. The normalized spacial score (nSPS) is 11.5. The zero-order valence-corrected chi connectivity index (χ0v) is 39.1. The predicted molar refractivity (Wildman–Crippen MR) is 275 cm³/mol. The number of nitrogens with one attached hydrogen (secondary N) is 3. The molecule has 0 spiro atoms. The lowest BCUT2D eigenvalue weighted by atomic mass is 10.2. The van der Waals surface area contributed by atoms with E-state index >= 15 is 0 Å². The fourth-order valence-corrected chi connectivity index (χ4v) is 10.1. The number of thiophene rings is 2. The van der Waals surface area contributed by atoms with Crippen LogP contribution in [0, 0.1) is 0 Å². The van der Waals surface area contributed by atoms with Gasteiger partial charge >= 0.3 is 5.97 Å². The molecule has 4 aromatic heterocycles. The molecule has 332 valence electrons. The van der Waals surface area contributed by atoms with Gasteiger partial charge in [-0.2, -0.15) is 23.5 Å². The number of fused-ring (bicyclic) bond motifs is 2. The van der Waals surface area contributed by atoms with Gasteiger partial charge in [-0.25, -0.2) is 14.8 Å². The van der Waals surface area contributed by atoms with Crippen molar-refractivity contribution in [1.29, 1.82) is 0 Å². The van der Waals surface area contributed by atoms with Crippen LogP contribution >= 0.6 is 68.9 Å². The summed E-state index contributed by atoms with van der Waals surface area (Å²) in [6.45, 7) is 0. The van der Waals surface area contributed by atoms with Crippen molar-refractivity contribution in [2.75, 3.05) is 34.7 Å². The number of aromatic nitrogens is 2. The molecule has 0 saturated carbocycles. The average molecular weight is 969 g/mol. The fraction of sp³-hybridized carbons (Fsp3) is 0.191. The summed E-state index contributed by atoms with van der Waals surface area (Å²) < 4.78 is 2.07. The van der Waals surface area contributed by atoms with E-state index in [0.717, 1.165) is 54.2 Å². The van der Waals surface area contributed by atoms with E-state index in [1.54, 1.807) is 29.6 Å². The van der Waals surface area contributed by atoms with Gasteiger partial charge in [0.05, 0.1) is 22.3 Å². The summed E-state index contributed by atoms with van der Waals surface area (Å²) in [6.07, 6.45) is 5.19. The van der Waals surface area contributed by atoms with Crippen molar-refractivity contribution < 1.29 is 24.3 Å². The number of thiazole rings is 2. The molecule has 0 bridgehead atoms. The van der Waals surface area contributed by atoms with Gasteiger partial charge < -0.3 is 26.8 Å². The van der Waals surface area contributed by atoms with E-state index in [4.69, 9.17) is 10.8 Å². The summed E-state index contributed by atoms with van der Waals surface area (Å²) in [5, 5.41) is 24.2. The first-order valence-electron chi connectivity index (χ1n) is 19.5. The Morgan fingerprint density at radius 3 is 1.59 bits per heavy atom. The number of rotatable bonds is 15. The Labute approximate surface area is 397 Å². The van der Waals surface area contributed by atoms with Crippen molar-refractivity contribution >= 4 is 123 Å². The highest BCUT2D eigenvalue weighted by Gasteiger charge is 2.23. The number of nitrogens with zero attached hydrogens (tertiary/aromatic N) is 2. The molecule has 2 atom stereocenters. The van der Waals surface area contributed by atoms with Crippen molar-refractivity contribution in [1.82, 2.24) is 15.3 Å². The lowest BCUT2D eigenvalue weighted by Crippen LogP contribution is -2.44. The van der Waals surface area contributed by atoms with Gasteiger partial charge in [-0.1, -0.05) is 104 Å². The molecule has 0 radical (unpaired) electrons. The number of thioether (sulfide) groups is 2. The van der Waals surface area contributed by atoms with E-state index in [1.807, 2.05) is 139 Å². The number of hydrogen-bond acceptors (Lipinski definition) is 13. The topological polar surface area (TPSA) is 176 Å². The van der Waals surface area contributed by atoms with Crippen molar-refractivity contribution in [2.24, 2.45) is 5.73 Å². The van der Waals surface area contributed by atoms with Crippen LogP contribution in [0.15, 0.2) is 132 Å². The highest BCUT2D eigenvalue weighted by atomic mass is 32.2. The van der Waals surface area contributed by atoms with Crippen LogP contribution in [0.3, 0.4) is 0 Å². The standard InChI is InChI=1S/C23H21N3O2S3.C14H17N3OS2.C9H6O2S.CH4/c1-29-12-11-17(24-22(28)20-13-16-9-5-6-10-19(16)31-20)21(27)26-23-25-18(14-30-23)15-7-3-2-4-8-15;1-19-8-7-11(15)13(18)17-14-16-12(9-20-14)10-5-3-2-4-6-10;10-9(11)8-5-6-3-1-2-4-7(6)12-8;/h2-10,13-14,17H,11-12H2,1H3,(H,24,28)(H,25,26,27);2-6,9,11H,7-8,15H2,1H3,(H,16,17,18);1-5H,(H,10,11);1H4/t17-;11-;;/m00../s1. The minimum absolute atomic E-state index is 0. The van der Waals surface area contributed by atoms with Gasteiger partial charge in [0.15, 0.2) is 10.3 Å². The second-order valence-electron chi connectivity index (χ2n) is 13.6. The molecule has 0 aliphatic carbocycles. The van der Waals surface area contributed by atoms with Crippen LogP contribution in [0.4, 0.5) is 10.3 Å². The summed E-state index contributed by atoms with van der Waals surface area (Å²) >= 11 is 8.84. The Morgan fingerprint density at radius 1 is 0.641 bits per heavy atom. The zero-order valence-electron chi connectivity index (χ0n) is 34.2. The maximum Gasteiger partial charge on any atom is 0.345 e. The number of amides is 3. The molecule has 8 rings (SSSR count). The van der Waals surface area contributed by atoms with Crippen LogP contribution in [0.25, 0.3) is 42.7 Å². The number of benzene rings is 4. The van der Waals surface area contributed by atoms with Crippen LogP contribution in [-0.2, 0) is 9.59 Å². The molecule has 0 fully saturated rings. The molecule has 64 heavy (non-hydrogen) atoms. The van der Waals surface area contributed by atoms with Crippen LogP contribution < -0.4 is 21.7 Å². The van der Waals surface area contributed by atoms with Crippen LogP contribution in [-0.4, -0.2) is 74.9 Å². The van der Waals surface area contributed by atoms with Crippen molar-refractivity contribution in [3.8, 4) is 22.5 Å². The SMILES string of the molecule is C.CSCC[C@H](N)C(=O)Nc1nc(-c2ccccc2)cs1.CSCC[C@H](NC(=O)c1cc2ccccc2s1)C(=O)Nc1nc(-c2ccccc2)cs1.O=C(O)c1cc2ccccc2s1. The summed E-state index contributed by atoms with van der Waals surface area (Å²) in [5.74, 6) is 0.132. The molecule has 4 heterocycles. The zero-order chi connectivity index (χ0) is 44.6. The van der Waals surface area contributed by atoms with E-state index < -0.39 is 18.1 Å². The van der Waals surface area contributed by atoms with Gasteiger partial charge in [-0.15, -0.1) is 45.3 Å². The Bertz CT molecular complexity index is 2670. The second-order valence-corrected chi connectivity index (χ2v) is 19.4. The molecular formula is C47H48N6O5S6. The fourth-order valence-electron chi connectivity index (χ4n) is 5.83. The molecular weight excluding hydrogens is 921 g/mol. The summed E-state index contributed by atoms with van der Waals surface area (Å²) in [6, 6.07) is 37.7. The number of hydrogen-bond donors (Lipinski definition) is 5. The molecule has 0 aliphatic heterocycles. The third-order valence-corrected chi connectivity index (χ3v) is 14.1. The van der Waals surface area contributed by atoms with E-state index in [9.17, 15) is 19.2 Å². The van der Waals surface area contributed by atoms with Crippen LogP contribution in [0.5, 0.6) is 0 Å². The van der Waals surface area contributed by atoms with E-state index in [0.29, 0.717) is 32.9 Å². The molecule has 0 saturated heterocycles. The number of aromatic carboxylic acids is 1. The van der Waals surface area contributed by atoms with Gasteiger partial charge in [-0.05, 0) is 71.9 Å². The Morgan fingerprint density at radius 2 is 1.09 bits per heavy atom. The minimum Gasteiger partial charge on any atom is -0.477 e. The highest BCUT2D eigenvalue weighted by molar-refractivity contribution is 7.98. The van der Waals surface area contributed by atoms with E-state index in [2.05, 4.69) is 25.9 Å². The molecule has 0 unspecified atom stereocenters. The third-order valence-electron chi connectivity index (χ3n) is 9.10. The molecule has 11 nitrogen and oxygen atoms in total. The number of nitrogens with two attached hydrogens (primary N) is 1. The lowest BCUT2D eigenvalue weighted by molar-refractivity contribution is -0.118. The number of carboxylic acid groups (broad SMARTS) is 1. The van der Waals surface area contributed by atoms with E-state index in [1.165, 1.54) is 45.3 Å². The monoisotopic (exact) mass is 968 g/mol. The predicted octanol–water partition coefficient (Wildman–Crippen LogP) is 11.6. The molecule has 3 amide bonds.